The zero-order valence-corrected chi connectivity index (χ0v) is 12.5. The Hall–Kier alpha value is -0.510. The van der Waals surface area contributed by atoms with Crippen molar-refractivity contribution < 1.29 is 8.42 Å². The van der Waals surface area contributed by atoms with Gasteiger partial charge in [-0.15, -0.1) is 5.10 Å². The van der Waals surface area contributed by atoms with Crippen LogP contribution in [0, 0.1) is 5.92 Å². The summed E-state index contributed by atoms with van der Waals surface area (Å²) in [6.45, 7) is 2.31. The van der Waals surface area contributed by atoms with E-state index in [1.807, 2.05) is 0 Å². The van der Waals surface area contributed by atoms with Gasteiger partial charge < -0.3 is 5.32 Å². The van der Waals surface area contributed by atoms with Crippen molar-refractivity contribution in [2.45, 2.75) is 17.9 Å². The molecule has 0 amide bonds. The number of nitrogens with one attached hydrogen (secondary N) is 2. The second-order valence-corrected chi connectivity index (χ2v) is 6.81. The molecule has 0 spiro atoms. The zero-order chi connectivity index (χ0) is 13.2. The summed E-state index contributed by atoms with van der Waals surface area (Å²) < 4.78 is 28.3. The third-order valence-corrected chi connectivity index (χ3v) is 5.26. The van der Waals surface area contributed by atoms with E-state index in [-0.39, 0.29) is 9.63 Å². The number of hydrogen-bond acceptors (Lipinski definition) is 5. The summed E-state index contributed by atoms with van der Waals surface area (Å²) in [7, 11) is -2.01. The molecule has 0 bridgehead atoms. The molecule has 0 saturated carbocycles. The highest BCUT2D eigenvalue weighted by Gasteiger charge is 2.25. The fourth-order valence-corrected chi connectivity index (χ4v) is 4.21. The molecule has 1 fully saturated rings. The Kier molecular flexibility index (Phi) is 4.36. The first-order valence-corrected chi connectivity index (χ1v) is 8.04. The van der Waals surface area contributed by atoms with Crippen LogP contribution in [0.25, 0.3) is 0 Å². The zero-order valence-electron chi connectivity index (χ0n) is 10.1. The Morgan fingerprint density at radius 2 is 2.39 bits per heavy atom. The molecule has 2 heterocycles. The van der Waals surface area contributed by atoms with Crippen LogP contribution < -0.4 is 10.0 Å². The van der Waals surface area contributed by atoms with Gasteiger partial charge in [0.2, 0.25) is 5.03 Å². The maximum Gasteiger partial charge on any atom is 0.260 e. The van der Waals surface area contributed by atoms with E-state index in [4.69, 9.17) is 0 Å². The van der Waals surface area contributed by atoms with Crippen molar-refractivity contribution >= 4 is 26.0 Å². The minimum absolute atomic E-state index is 0.0614. The predicted octanol–water partition coefficient (Wildman–Crippen LogP) is -0.144. The molecule has 1 unspecified atom stereocenters. The lowest BCUT2D eigenvalue weighted by molar-refractivity contribution is 0.375. The van der Waals surface area contributed by atoms with Crippen LogP contribution in [0.2, 0.25) is 0 Å². The van der Waals surface area contributed by atoms with Crippen molar-refractivity contribution in [3.8, 4) is 0 Å². The number of piperidine rings is 1. The van der Waals surface area contributed by atoms with Gasteiger partial charge in [-0.2, -0.15) is 0 Å². The summed E-state index contributed by atoms with van der Waals surface area (Å²) in [6, 6.07) is 0. The molecule has 7 nitrogen and oxygen atoms in total. The molecule has 0 aromatic carbocycles. The van der Waals surface area contributed by atoms with E-state index in [9.17, 15) is 8.42 Å². The summed E-state index contributed by atoms with van der Waals surface area (Å²) in [5, 5.41) is 10.7. The summed E-state index contributed by atoms with van der Waals surface area (Å²) in [4.78, 5) is 0. The average Bonchev–Trinajstić information content (AvgIpc) is 2.69. The van der Waals surface area contributed by atoms with Gasteiger partial charge in [-0.3, -0.25) is 0 Å². The van der Waals surface area contributed by atoms with E-state index in [1.54, 1.807) is 7.05 Å². The topological polar surface area (TPSA) is 88.9 Å². The van der Waals surface area contributed by atoms with E-state index >= 15 is 0 Å². The average molecular weight is 338 g/mol. The fraction of sp³-hybridized carbons (Fsp3) is 0.778. The number of sulfonamides is 1. The van der Waals surface area contributed by atoms with E-state index < -0.39 is 10.0 Å². The third kappa shape index (κ3) is 3.08. The summed E-state index contributed by atoms with van der Waals surface area (Å²) in [5.41, 5.74) is 0. The molecule has 1 saturated heterocycles. The fourth-order valence-electron chi connectivity index (χ4n) is 2.00. The quantitative estimate of drug-likeness (QED) is 0.797. The van der Waals surface area contributed by atoms with Crippen LogP contribution in [0.4, 0.5) is 0 Å². The van der Waals surface area contributed by atoms with Crippen LogP contribution in [0.3, 0.4) is 0 Å². The molecular weight excluding hydrogens is 322 g/mol. The number of nitrogens with zero attached hydrogens (tertiary/aromatic N) is 3. The van der Waals surface area contributed by atoms with E-state index in [0.717, 1.165) is 25.9 Å². The lowest BCUT2D eigenvalue weighted by Crippen LogP contribution is -2.38. The number of hydrogen-bond donors (Lipinski definition) is 2. The smallest absolute Gasteiger partial charge is 0.260 e. The first-order chi connectivity index (χ1) is 8.50. The van der Waals surface area contributed by atoms with Gasteiger partial charge in [0.1, 0.15) is 0 Å². The van der Waals surface area contributed by atoms with E-state index in [0.29, 0.717) is 12.5 Å². The number of halogens is 1. The van der Waals surface area contributed by atoms with Crippen LogP contribution in [0.1, 0.15) is 12.8 Å². The highest BCUT2D eigenvalue weighted by atomic mass is 79.9. The molecule has 102 valence electrons. The molecule has 0 aliphatic carbocycles. The van der Waals surface area contributed by atoms with Gasteiger partial charge in [-0.1, -0.05) is 5.21 Å². The molecule has 2 N–H and O–H groups in total. The third-order valence-electron chi connectivity index (χ3n) is 2.95. The van der Waals surface area contributed by atoms with Gasteiger partial charge in [0.05, 0.1) is 0 Å². The standard InChI is InChI=1S/C9H16BrN5O2S/c1-15-9(8(10)13-14-15)18(16,17)12-6-7-3-2-4-11-5-7/h7,11-12H,2-6H2,1H3. The number of aryl methyl sites for hydroxylation is 1. The SMILES string of the molecule is Cn1nnc(Br)c1S(=O)(=O)NCC1CCCNC1. The monoisotopic (exact) mass is 337 g/mol. The Morgan fingerprint density at radius 1 is 1.61 bits per heavy atom. The molecule has 1 atom stereocenters. The van der Waals surface area contributed by atoms with Crippen LogP contribution in [0.15, 0.2) is 9.63 Å². The highest BCUT2D eigenvalue weighted by Crippen LogP contribution is 2.18. The van der Waals surface area contributed by atoms with Crippen LogP contribution >= 0.6 is 15.9 Å². The van der Waals surface area contributed by atoms with Crippen molar-refractivity contribution in [3.05, 3.63) is 4.60 Å². The normalized spacial score (nSPS) is 21.1. The van der Waals surface area contributed by atoms with Gasteiger partial charge in [0.15, 0.2) is 4.60 Å². The maximum atomic E-state index is 12.1. The highest BCUT2D eigenvalue weighted by molar-refractivity contribution is 9.10. The molecule has 2 rings (SSSR count). The number of rotatable bonds is 4. The minimum atomic E-state index is -3.56. The molecule has 1 aliphatic rings. The maximum absolute atomic E-state index is 12.1. The first kappa shape index (κ1) is 13.9. The molecule has 18 heavy (non-hydrogen) atoms. The van der Waals surface area contributed by atoms with Crippen LogP contribution in [-0.4, -0.2) is 43.0 Å². The van der Waals surface area contributed by atoms with E-state index in [2.05, 4.69) is 36.3 Å². The van der Waals surface area contributed by atoms with Gasteiger partial charge in [0, 0.05) is 13.6 Å². The molecule has 1 aromatic rings. The summed E-state index contributed by atoms with van der Waals surface area (Å²) in [5.74, 6) is 0.341. The Balaban J connectivity index is 2.03. The molecule has 1 aromatic heterocycles. The second-order valence-electron chi connectivity index (χ2n) is 4.37. The van der Waals surface area contributed by atoms with Crippen LogP contribution in [-0.2, 0) is 17.1 Å². The van der Waals surface area contributed by atoms with Crippen molar-refractivity contribution in [1.82, 2.24) is 25.0 Å². The lowest BCUT2D eigenvalue weighted by atomic mass is 10.0. The van der Waals surface area contributed by atoms with Gasteiger partial charge >= 0.3 is 0 Å². The molecular formula is C9H16BrN5O2S. The second kappa shape index (κ2) is 5.64. The summed E-state index contributed by atoms with van der Waals surface area (Å²) >= 11 is 3.09. The lowest BCUT2D eigenvalue weighted by Gasteiger charge is -2.22. The Bertz CT molecular complexity index is 490. The van der Waals surface area contributed by atoms with Gasteiger partial charge in [-0.05, 0) is 47.8 Å². The van der Waals surface area contributed by atoms with Crippen LogP contribution in [0.5, 0.6) is 0 Å². The predicted molar refractivity (Wildman–Crippen MR) is 69.5 cm³/mol. The first-order valence-electron chi connectivity index (χ1n) is 5.76. The van der Waals surface area contributed by atoms with Crippen molar-refractivity contribution in [2.24, 2.45) is 13.0 Å². The largest absolute Gasteiger partial charge is 0.316 e. The molecule has 0 radical (unpaired) electrons. The van der Waals surface area contributed by atoms with E-state index in [1.165, 1.54) is 4.68 Å². The minimum Gasteiger partial charge on any atom is -0.316 e. The van der Waals surface area contributed by atoms with Crippen molar-refractivity contribution in [2.75, 3.05) is 19.6 Å². The number of aromatic nitrogens is 3. The van der Waals surface area contributed by atoms with Gasteiger partial charge in [0.25, 0.3) is 10.0 Å². The van der Waals surface area contributed by atoms with Gasteiger partial charge in [-0.25, -0.2) is 17.8 Å². The molecule has 1 aliphatic heterocycles. The Morgan fingerprint density at radius 3 is 2.94 bits per heavy atom. The van der Waals surface area contributed by atoms with Crippen molar-refractivity contribution in [1.29, 1.82) is 0 Å². The summed E-state index contributed by atoms with van der Waals surface area (Å²) in [6.07, 6.45) is 2.13. The van der Waals surface area contributed by atoms with Crippen molar-refractivity contribution in [3.63, 3.8) is 0 Å². The Labute approximate surface area is 115 Å². The molecule has 9 heteroatoms.